The van der Waals surface area contributed by atoms with E-state index in [1.54, 1.807) is 18.2 Å². The Bertz CT molecular complexity index is 491. The minimum Gasteiger partial charge on any atom is -0.381 e. The third-order valence-electron chi connectivity index (χ3n) is 1.87. The van der Waals surface area contributed by atoms with Crippen molar-refractivity contribution in [3.8, 4) is 5.75 Å². The fraction of sp³-hybridized carbons (Fsp3) is 0.111. The summed E-state index contributed by atoms with van der Waals surface area (Å²) in [7, 11) is -3.24. The molecule has 2 rings (SSSR count). The first kappa shape index (κ1) is 9.08. The van der Waals surface area contributed by atoms with Crippen molar-refractivity contribution in [1.29, 1.82) is 0 Å². The summed E-state index contributed by atoms with van der Waals surface area (Å²) in [6.45, 7) is 0. The van der Waals surface area contributed by atoms with Gasteiger partial charge in [-0.15, -0.1) is 0 Å². The van der Waals surface area contributed by atoms with E-state index in [9.17, 15) is 8.42 Å². The van der Waals surface area contributed by atoms with Gasteiger partial charge in [0.15, 0.2) is 20.6 Å². The van der Waals surface area contributed by atoms with Crippen LogP contribution < -0.4 is 10.3 Å². The van der Waals surface area contributed by atoms with Gasteiger partial charge in [0.2, 0.25) is 0 Å². The van der Waals surface area contributed by atoms with Crippen molar-refractivity contribution in [2.75, 3.05) is 6.26 Å². The van der Waals surface area contributed by atoms with Crippen LogP contribution in [0, 0.1) is 0 Å². The van der Waals surface area contributed by atoms with E-state index in [2.05, 4.69) is 5.48 Å². The molecule has 0 radical (unpaired) electrons. The number of fused-ring (bicyclic) bond motifs is 1. The van der Waals surface area contributed by atoms with E-state index in [0.29, 0.717) is 5.75 Å². The number of hydrogen-bond donors (Lipinski definition) is 1. The molecule has 5 heteroatoms. The van der Waals surface area contributed by atoms with E-state index in [-0.39, 0.29) is 5.03 Å². The van der Waals surface area contributed by atoms with E-state index in [1.807, 2.05) is 12.1 Å². The van der Waals surface area contributed by atoms with Crippen LogP contribution in [-0.2, 0) is 9.84 Å². The molecular formula is C9H9NO3S. The zero-order valence-electron chi connectivity index (χ0n) is 7.52. The molecule has 1 aromatic carbocycles. The molecule has 1 aliphatic rings. The highest BCUT2D eigenvalue weighted by Crippen LogP contribution is 2.24. The topological polar surface area (TPSA) is 55.4 Å². The monoisotopic (exact) mass is 211 g/mol. The van der Waals surface area contributed by atoms with Gasteiger partial charge in [-0.25, -0.2) is 13.9 Å². The Hall–Kier alpha value is -1.49. The number of para-hydroxylation sites is 1. The minimum atomic E-state index is -3.24. The van der Waals surface area contributed by atoms with E-state index >= 15 is 0 Å². The summed E-state index contributed by atoms with van der Waals surface area (Å²) in [6, 6.07) is 7.20. The van der Waals surface area contributed by atoms with Gasteiger partial charge in [0.05, 0.1) is 0 Å². The highest BCUT2D eigenvalue weighted by atomic mass is 32.2. The molecule has 0 unspecified atom stereocenters. The summed E-state index contributed by atoms with van der Waals surface area (Å²) in [4.78, 5) is 5.07. The fourth-order valence-electron chi connectivity index (χ4n) is 1.15. The molecule has 14 heavy (non-hydrogen) atoms. The van der Waals surface area contributed by atoms with Crippen molar-refractivity contribution in [2.45, 2.75) is 0 Å². The molecule has 0 bridgehead atoms. The predicted octanol–water partition coefficient (Wildman–Crippen LogP) is 0.927. The first-order chi connectivity index (χ1) is 6.57. The van der Waals surface area contributed by atoms with E-state index in [0.717, 1.165) is 11.8 Å². The lowest BCUT2D eigenvalue weighted by atomic mass is 10.2. The first-order valence-electron chi connectivity index (χ1n) is 4.01. The van der Waals surface area contributed by atoms with Gasteiger partial charge in [-0.1, -0.05) is 18.2 Å². The molecule has 0 amide bonds. The van der Waals surface area contributed by atoms with Crippen LogP contribution in [0.2, 0.25) is 0 Å². The number of rotatable bonds is 1. The molecule has 4 nitrogen and oxygen atoms in total. The summed E-state index contributed by atoms with van der Waals surface area (Å²) in [5, 5.41) is 0.0798. The fourth-order valence-corrected chi connectivity index (χ4v) is 1.69. The normalized spacial score (nSPS) is 14.8. The van der Waals surface area contributed by atoms with E-state index < -0.39 is 9.84 Å². The number of hydrogen-bond acceptors (Lipinski definition) is 4. The van der Waals surface area contributed by atoms with Crippen LogP contribution in [0.1, 0.15) is 5.56 Å². The van der Waals surface area contributed by atoms with Crippen LogP contribution in [0.15, 0.2) is 29.3 Å². The largest absolute Gasteiger partial charge is 0.381 e. The Labute approximate surface area is 82.1 Å². The van der Waals surface area contributed by atoms with E-state index in [4.69, 9.17) is 4.84 Å². The lowest BCUT2D eigenvalue weighted by Crippen LogP contribution is -2.26. The average molecular weight is 211 g/mol. The zero-order valence-corrected chi connectivity index (χ0v) is 8.34. The van der Waals surface area contributed by atoms with Crippen molar-refractivity contribution in [1.82, 2.24) is 5.48 Å². The molecule has 1 N–H and O–H groups in total. The maximum Gasteiger partial charge on any atom is 0.193 e. The maximum atomic E-state index is 11.2. The minimum absolute atomic E-state index is 0.0798. The maximum absolute atomic E-state index is 11.2. The standard InChI is InChI=1S/C9H9NO3S/c1-14(11,12)9-6-7-4-2-3-5-8(7)13-10-9/h2-6,10H,1H3. The summed E-state index contributed by atoms with van der Waals surface area (Å²) < 4.78 is 22.4. The molecule has 74 valence electrons. The van der Waals surface area contributed by atoms with Crippen LogP contribution >= 0.6 is 0 Å². The van der Waals surface area contributed by atoms with E-state index in [1.165, 1.54) is 0 Å². The second-order valence-corrected chi connectivity index (χ2v) is 5.01. The molecule has 1 heterocycles. The third-order valence-corrected chi connectivity index (χ3v) is 2.87. The first-order valence-corrected chi connectivity index (χ1v) is 5.90. The summed E-state index contributed by atoms with van der Waals surface area (Å²) in [5.74, 6) is 0.625. The number of benzene rings is 1. The molecular weight excluding hydrogens is 202 g/mol. The molecule has 0 saturated carbocycles. The van der Waals surface area contributed by atoms with Crippen LogP contribution in [0.3, 0.4) is 0 Å². The molecule has 0 fully saturated rings. The van der Waals surface area contributed by atoms with Crippen LogP contribution in [-0.4, -0.2) is 14.7 Å². The summed E-state index contributed by atoms with van der Waals surface area (Å²) in [5.41, 5.74) is 3.14. The second-order valence-electron chi connectivity index (χ2n) is 3.02. The Kier molecular flexibility index (Phi) is 1.96. The van der Waals surface area contributed by atoms with Gasteiger partial charge in [-0.2, -0.15) is 0 Å². The number of hydroxylamine groups is 1. The molecule has 0 saturated heterocycles. The van der Waals surface area contributed by atoms with Crippen LogP contribution in [0.5, 0.6) is 5.75 Å². The Balaban J connectivity index is 2.51. The molecule has 1 aliphatic heterocycles. The molecule has 0 aromatic heterocycles. The average Bonchev–Trinajstić information content (AvgIpc) is 2.16. The predicted molar refractivity (Wildman–Crippen MR) is 53.0 cm³/mol. The van der Waals surface area contributed by atoms with Crippen molar-refractivity contribution in [3.63, 3.8) is 0 Å². The highest BCUT2D eigenvalue weighted by molar-refractivity contribution is 7.94. The van der Waals surface area contributed by atoms with Crippen molar-refractivity contribution in [3.05, 3.63) is 34.9 Å². The van der Waals surface area contributed by atoms with Gasteiger partial charge in [0.25, 0.3) is 0 Å². The molecule has 1 aromatic rings. The molecule has 0 spiro atoms. The van der Waals surface area contributed by atoms with Crippen LogP contribution in [0.25, 0.3) is 6.08 Å². The zero-order chi connectivity index (χ0) is 10.2. The van der Waals surface area contributed by atoms with Gasteiger partial charge >= 0.3 is 0 Å². The number of sulfone groups is 1. The summed E-state index contributed by atoms with van der Waals surface area (Å²) >= 11 is 0. The quantitative estimate of drug-likeness (QED) is 0.750. The smallest absolute Gasteiger partial charge is 0.193 e. The van der Waals surface area contributed by atoms with Crippen molar-refractivity contribution in [2.24, 2.45) is 0 Å². The Morgan fingerprint density at radius 2 is 2.00 bits per heavy atom. The van der Waals surface area contributed by atoms with Gasteiger partial charge in [-0.05, 0) is 12.1 Å². The second kappa shape index (κ2) is 3.02. The third kappa shape index (κ3) is 1.58. The van der Waals surface area contributed by atoms with Crippen molar-refractivity contribution >= 4 is 15.9 Å². The van der Waals surface area contributed by atoms with Gasteiger partial charge in [0.1, 0.15) is 0 Å². The molecule has 0 aliphatic carbocycles. The van der Waals surface area contributed by atoms with Crippen LogP contribution in [0.4, 0.5) is 0 Å². The highest BCUT2D eigenvalue weighted by Gasteiger charge is 2.17. The summed E-state index contributed by atoms with van der Waals surface area (Å²) in [6.07, 6.45) is 2.68. The Morgan fingerprint density at radius 1 is 1.29 bits per heavy atom. The van der Waals surface area contributed by atoms with Gasteiger partial charge < -0.3 is 4.84 Å². The van der Waals surface area contributed by atoms with Gasteiger partial charge in [-0.3, -0.25) is 0 Å². The lowest BCUT2D eigenvalue weighted by molar-refractivity contribution is 0.233. The number of nitrogens with one attached hydrogen (secondary N) is 1. The lowest BCUT2D eigenvalue weighted by Gasteiger charge is -2.17. The van der Waals surface area contributed by atoms with Gasteiger partial charge in [0, 0.05) is 11.8 Å². The Morgan fingerprint density at radius 3 is 2.71 bits per heavy atom. The molecule has 0 atom stereocenters. The SMILES string of the molecule is CS(=O)(=O)C1=Cc2ccccc2ON1. The van der Waals surface area contributed by atoms with Crippen molar-refractivity contribution < 1.29 is 13.3 Å².